The molecule has 1 aliphatic heterocycles. The van der Waals surface area contributed by atoms with Gasteiger partial charge in [-0.3, -0.25) is 9.59 Å². The Bertz CT molecular complexity index is 971. The standard InChI is InChI=1S/C23H31N5O4S/c1-4-18-7-5-6-8-19(18)25-23(31)28(13-14-32-3)15-21-24-20(16-33-21)22(30)27-11-9-26(10-12-27)17(2)29/h5-8,16H,4,9-15H2,1-3H3,(H,25,31). The molecule has 2 heterocycles. The Labute approximate surface area is 198 Å². The van der Waals surface area contributed by atoms with E-state index < -0.39 is 0 Å². The molecule has 1 aromatic heterocycles. The van der Waals surface area contributed by atoms with Crippen LogP contribution >= 0.6 is 11.3 Å². The largest absolute Gasteiger partial charge is 0.383 e. The summed E-state index contributed by atoms with van der Waals surface area (Å²) >= 11 is 1.35. The van der Waals surface area contributed by atoms with Crippen molar-refractivity contribution < 1.29 is 19.1 Å². The molecule has 1 fully saturated rings. The molecule has 0 aliphatic carbocycles. The van der Waals surface area contributed by atoms with Crippen LogP contribution in [-0.4, -0.2) is 84.0 Å². The average Bonchev–Trinajstić information content (AvgIpc) is 3.30. The van der Waals surface area contributed by atoms with Crippen LogP contribution in [0.25, 0.3) is 0 Å². The number of ether oxygens (including phenoxy) is 1. The van der Waals surface area contributed by atoms with Crippen LogP contribution in [-0.2, 0) is 22.5 Å². The van der Waals surface area contributed by atoms with Crippen molar-refractivity contribution >= 4 is 34.9 Å². The number of thiazole rings is 1. The Morgan fingerprint density at radius 2 is 1.85 bits per heavy atom. The summed E-state index contributed by atoms with van der Waals surface area (Å²) in [6, 6.07) is 7.48. The van der Waals surface area contributed by atoms with Crippen molar-refractivity contribution in [1.82, 2.24) is 19.7 Å². The molecule has 0 saturated carbocycles. The molecule has 0 bridgehead atoms. The van der Waals surface area contributed by atoms with Crippen LogP contribution in [0.4, 0.5) is 10.5 Å². The molecular weight excluding hydrogens is 442 g/mol. The van der Waals surface area contributed by atoms with E-state index in [0.717, 1.165) is 17.7 Å². The lowest BCUT2D eigenvalue weighted by molar-refractivity contribution is -0.130. The molecule has 33 heavy (non-hydrogen) atoms. The molecule has 0 radical (unpaired) electrons. The van der Waals surface area contributed by atoms with E-state index in [1.807, 2.05) is 31.2 Å². The number of anilines is 1. The number of aromatic nitrogens is 1. The first-order valence-corrected chi connectivity index (χ1v) is 11.9. The fourth-order valence-electron chi connectivity index (χ4n) is 3.63. The highest BCUT2D eigenvalue weighted by Gasteiger charge is 2.25. The van der Waals surface area contributed by atoms with Crippen LogP contribution < -0.4 is 5.32 Å². The number of para-hydroxylation sites is 1. The first-order chi connectivity index (χ1) is 15.9. The van der Waals surface area contributed by atoms with Gasteiger partial charge in [0.2, 0.25) is 5.91 Å². The van der Waals surface area contributed by atoms with Crippen LogP contribution in [0.3, 0.4) is 0 Å². The minimum atomic E-state index is -0.239. The summed E-state index contributed by atoms with van der Waals surface area (Å²) in [5, 5.41) is 5.39. The third kappa shape index (κ3) is 6.52. The van der Waals surface area contributed by atoms with Crippen molar-refractivity contribution in [2.24, 2.45) is 0 Å². The molecule has 2 aromatic rings. The van der Waals surface area contributed by atoms with E-state index in [9.17, 15) is 14.4 Å². The molecule has 1 aliphatic rings. The summed E-state index contributed by atoms with van der Waals surface area (Å²) in [4.78, 5) is 46.9. The molecule has 4 amide bonds. The van der Waals surface area contributed by atoms with Gasteiger partial charge in [-0.05, 0) is 18.1 Å². The van der Waals surface area contributed by atoms with Crippen LogP contribution in [0.5, 0.6) is 0 Å². The number of aryl methyl sites for hydroxylation is 1. The first kappa shape index (κ1) is 24.7. The highest BCUT2D eigenvalue weighted by Crippen LogP contribution is 2.19. The van der Waals surface area contributed by atoms with Crippen molar-refractivity contribution in [3.63, 3.8) is 0 Å². The zero-order chi connectivity index (χ0) is 23.8. The lowest BCUT2D eigenvalue weighted by Crippen LogP contribution is -2.50. The predicted molar refractivity (Wildman–Crippen MR) is 127 cm³/mol. The second-order valence-corrected chi connectivity index (χ2v) is 8.72. The van der Waals surface area contributed by atoms with Crippen LogP contribution in [0.1, 0.15) is 34.9 Å². The molecular formula is C23H31N5O4S. The number of hydrogen-bond donors (Lipinski definition) is 1. The SMILES string of the molecule is CCc1ccccc1NC(=O)N(CCOC)Cc1nc(C(=O)N2CCN(C(C)=O)CC2)cs1. The van der Waals surface area contributed by atoms with Crippen LogP contribution in [0, 0.1) is 0 Å². The Hall–Kier alpha value is -2.98. The molecule has 178 valence electrons. The van der Waals surface area contributed by atoms with Gasteiger partial charge < -0.3 is 24.8 Å². The van der Waals surface area contributed by atoms with Crippen molar-refractivity contribution in [2.45, 2.75) is 26.8 Å². The number of benzene rings is 1. The van der Waals surface area contributed by atoms with Gasteiger partial charge in [0.25, 0.3) is 5.91 Å². The molecule has 1 N–H and O–H groups in total. The smallest absolute Gasteiger partial charge is 0.322 e. The number of urea groups is 1. The van der Waals surface area contributed by atoms with Gasteiger partial charge in [0.15, 0.2) is 0 Å². The Balaban J connectivity index is 1.64. The molecule has 1 saturated heterocycles. The first-order valence-electron chi connectivity index (χ1n) is 11.0. The molecule has 9 nitrogen and oxygen atoms in total. The summed E-state index contributed by atoms with van der Waals surface area (Å²) in [5.74, 6) is -0.125. The van der Waals surface area contributed by atoms with Crippen molar-refractivity contribution in [3.05, 3.63) is 45.9 Å². The van der Waals surface area contributed by atoms with Gasteiger partial charge in [-0.25, -0.2) is 9.78 Å². The minimum absolute atomic E-state index is 0.0223. The summed E-state index contributed by atoms with van der Waals surface area (Å²) < 4.78 is 5.18. The monoisotopic (exact) mass is 473 g/mol. The Morgan fingerprint density at radius 1 is 1.15 bits per heavy atom. The van der Waals surface area contributed by atoms with Gasteiger partial charge in [0, 0.05) is 57.8 Å². The summed E-state index contributed by atoms with van der Waals surface area (Å²) in [6.45, 7) is 6.68. The minimum Gasteiger partial charge on any atom is -0.383 e. The number of hydrogen-bond acceptors (Lipinski definition) is 6. The summed E-state index contributed by atoms with van der Waals surface area (Å²) in [6.07, 6.45) is 0.813. The molecule has 3 rings (SSSR count). The Kier molecular flexibility index (Phi) is 8.79. The van der Waals surface area contributed by atoms with Gasteiger partial charge in [-0.15, -0.1) is 11.3 Å². The van der Waals surface area contributed by atoms with E-state index in [0.29, 0.717) is 50.0 Å². The third-order valence-corrected chi connectivity index (χ3v) is 6.44. The zero-order valence-corrected chi connectivity index (χ0v) is 20.2. The maximum Gasteiger partial charge on any atom is 0.322 e. The number of nitrogens with zero attached hydrogens (tertiary/aromatic N) is 4. The van der Waals surface area contributed by atoms with E-state index in [1.54, 1.807) is 27.2 Å². The second kappa shape index (κ2) is 11.8. The molecule has 1 aromatic carbocycles. The fourth-order valence-corrected chi connectivity index (χ4v) is 4.41. The zero-order valence-electron chi connectivity index (χ0n) is 19.4. The Morgan fingerprint density at radius 3 is 2.52 bits per heavy atom. The second-order valence-electron chi connectivity index (χ2n) is 7.78. The van der Waals surface area contributed by atoms with Crippen molar-refractivity contribution in [3.8, 4) is 0 Å². The van der Waals surface area contributed by atoms with Gasteiger partial charge in [0.1, 0.15) is 10.7 Å². The highest BCUT2D eigenvalue weighted by molar-refractivity contribution is 7.09. The van der Waals surface area contributed by atoms with E-state index in [2.05, 4.69) is 10.3 Å². The lowest BCUT2D eigenvalue weighted by Gasteiger charge is -2.33. The summed E-state index contributed by atoms with van der Waals surface area (Å²) in [7, 11) is 1.59. The van der Waals surface area contributed by atoms with Crippen LogP contribution in [0.15, 0.2) is 29.6 Å². The van der Waals surface area contributed by atoms with E-state index >= 15 is 0 Å². The number of methoxy groups -OCH3 is 1. The van der Waals surface area contributed by atoms with Gasteiger partial charge in [-0.2, -0.15) is 0 Å². The predicted octanol–water partition coefficient (Wildman–Crippen LogP) is 2.69. The van der Waals surface area contributed by atoms with Gasteiger partial charge in [-0.1, -0.05) is 25.1 Å². The van der Waals surface area contributed by atoms with E-state index in [-0.39, 0.29) is 24.4 Å². The number of amides is 4. The molecule has 0 unspecified atom stereocenters. The van der Waals surface area contributed by atoms with Crippen molar-refractivity contribution in [2.75, 3.05) is 51.8 Å². The number of rotatable bonds is 8. The quantitative estimate of drug-likeness (QED) is 0.636. The van der Waals surface area contributed by atoms with Gasteiger partial charge in [0.05, 0.1) is 13.2 Å². The normalized spacial score (nSPS) is 13.7. The third-order valence-electron chi connectivity index (χ3n) is 5.60. The number of nitrogens with one attached hydrogen (secondary N) is 1. The summed E-state index contributed by atoms with van der Waals surface area (Å²) in [5.41, 5.74) is 2.21. The highest BCUT2D eigenvalue weighted by atomic mass is 32.1. The molecule has 0 spiro atoms. The van der Waals surface area contributed by atoms with Gasteiger partial charge >= 0.3 is 6.03 Å². The average molecular weight is 474 g/mol. The molecule has 10 heteroatoms. The van der Waals surface area contributed by atoms with E-state index in [1.165, 1.54) is 18.3 Å². The molecule has 0 atom stereocenters. The van der Waals surface area contributed by atoms with Crippen molar-refractivity contribution in [1.29, 1.82) is 0 Å². The lowest BCUT2D eigenvalue weighted by atomic mass is 10.1. The van der Waals surface area contributed by atoms with E-state index in [4.69, 9.17) is 4.74 Å². The number of carbonyl (C=O) groups is 3. The fraction of sp³-hybridized carbons (Fsp3) is 0.478. The number of carbonyl (C=O) groups excluding carboxylic acids is 3. The maximum absolute atomic E-state index is 13.0. The maximum atomic E-state index is 13.0. The topological polar surface area (TPSA) is 95.1 Å². The number of piperazine rings is 1. The van der Waals surface area contributed by atoms with Crippen LogP contribution in [0.2, 0.25) is 0 Å².